The van der Waals surface area contributed by atoms with Gasteiger partial charge in [0, 0.05) is 0 Å². The molecule has 0 radical (unpaired) electrons. The van der Waals surface area contributed by atoms with Crippen LogP contribution < -0.4 is 4.72 Å². The zero-order valence-electron chi connectivity index (χ0n) is 9.68. The van der Waals surface area contributed by atoms with Gasteiger partial charge in [0.2, 0.25) is 10.0 Å². The van der Waals surface area contributed by atoms with Crippen LogP contribution in [-0.2, 0) is 10.0 Å². The Balaban J connectivity index is 4.54. The number of aliphatic hydroxyl groups is 3. The van der Waals surface area contributed by atoms with E-state index in [2.05, 4.69) is 4.72 Å². The van der Waals surface area contributed by atoms with Gasteiger partial charge in [-0.15, -0.1) is 0 Å². The molecule has 16 heavy (non-hydrogen) atoms. The zero-order valence-corrected chi connectivity index (χ0v) is 10.5. The van der Waals surface area contributed by atoms with Crippen LogP contribution in [0.25, 0.3) is 0 Å². The lowest BCUT2D eigenvalue weighted by Gasteiger charge is -2.28. The molecule has 0 saturated heterocycles. The van der Waals surface area contributed by atoms with Gasteiger partial charge in [0.1, 0.15) is 5.54 Å². The fourth-order valence-electron chi connectivity index (χ4n) is 1.02. The number of rotatable bonds is 8. The van der Waals surface area contributed by atoms with Gasteiger partial charge < -0.3 is 15.3 Å². The van der Waals surface area contributed by atoms with Crippen molar-refractivity contribution in [1.82, 2.24) is 4.72 Å². The average Bonchev–Trinajstić information content (AvgIpc) is 2.24. The molecule has 0 bridgehead atoms. The van der Waals surface area contributed by atoms with E-state index in [1.54, 1.807) is 0 Å². The van der Waals surface area contributed by atoms with Crippen molar-refractivity contribution in [2.75, 3.05) is 25.6 Å². The number of sulfonamides is 1. The highest BCUT2D eigenvalue weighted by Gasteiger charge is 2.32. The number of hydrogen-bond donors (Lipinski definition) is 4. The lowest BCUT2D eigenvalue weighted by molar-refractivity contribution is 0.0581. The molecule has 0 fully saturated rings. The maximum absolute atomic E-state index is 11.6. The third kappa shape index (κ3) is 5.22. The number of hydrogen-bond acceptors (Lipinski definition) is 5. The standard InChI is InChI=1S/C9H21NO5S/c1-8(2)3-4-16(14,15)10-9(5-11,6-12)7-13/h8,10-13H,3-7H2,1-2H3. The van der Waals surface area contributed by atoms with Gasteiger partial charge in [-0.3, -0.25) is 0 Å². The van der Waals surface area contributed by atoms with Crippen molar-refractivity contribution in [2.45, 2.75) is 25.8 Å². The largest absolute Gasteiger partial charge is 0.394 e. The maximum Gasteiger partial charge on any atom is 0.212 e. The van der Waals surface area contributed by atoms with E-state index in [9.17, 15) is 8.42 Å². The molecule has 7 heteroatoms. The summed E-state index contributed by atoms with van der Waals surface area (Å²) in [6.45, 7) is 1.84. The Labute approximate surface area is 96.4 Å². The van der Waals surface area contributed by atoms with Crippen LogP contribution in [0.15, 0.2) is 0 Å². The molecule has 0 saturated carbocycles. The zero-order chi connectivity index (χ0) is 12.8. The average molecular weight is 255 g/mol. The topological polar surface area (TPSA) is 107 Å². The third-order valence-electron chi connectivity index (χ3n) is 2.24. The quantitative estimate of drug-likeness (QED) is 0.430. The lowest BCUT2D eigenvalue weighted by atomic mass is 10.1. The van der Waals surface area contributed by atoms with E-state index in [0.29, 0.717) is 6.42 Å². The Morgan fingerprint density at radius 3 is 1.88 bits per heavy atom. The van der Waals surface area contributed by atoms with Crippen LogP contribution in [0.5, 0.6) is 0 Å². The van der Waals surface area contributed by atoms with Crippen molar-refractivity contribution >= 4 is 10.0 Å². The molecule has 4 N–H and O–H groups in total. The molecule has 0 atom stereocenters. The molecule has 0 rings (SSSR count). The molecule has 6 nitrogen and oxygen atoms in total. The Bertz CT molecular complexity index is 276. The third-order valence-corrected chi connectivity index (χ3v) is 3.76. The predicted molar refractivity (Wildman–Crippen MR) is 60.4 cm³/mol. The van der Waals surface area contributed by atoms with Crippen LogP contribution in [0.2, 0.25) is 0 Å². The minimum atomic E-state index is -3.60. The number of aliphatic hydroxyl groups excluding tert-OH is 3. The maximum atomic E-state index is 11.6. The SMILES string of the molecule is CC(C)CCS(=O)(=O)NC(CO)(CO)CO. The van der Waals surface area contributed by atoms with E-state index in [-0.39, 0.29) is 11.7 Å². The van der Waals surface area contributed by atoms with Gasteiger partial charge in [0.15, 0.2) is 0 Å². The first kappa shape index (κ1) is 15.8. The highest BCUT2D eigenvalue weighted by Crippen LogP contribution is 2.07. The molecule has 0 aromatic heterocycles. The second-order valence-electron chi connectivity index (χ2n) is 4.36. The normalized spacial score (nSPS) is 13.4. The molecule has 0 unspecified atom stereocenters. The molecular formula is C9H21NO5S. The molecule has 0 spiro atoms. The van der Waals surface area contributed by atoms with E-state index >= 15 is 0 Å². The summed E-state index contributed by atoms with van der Waals surface area (Å²) in [4.78, 5) is 0. The van der Waals surface area contributed by atoms with E-state index in [4.69, 9.17) is 15.3 Å². The van der Waals surface area contributed by atoms with Gasteiger partial charge in [0.05, 0.1) is 25.6 Å². The van der Waals surface area contributed by atoms with Gasteiger partial charge in [0.25, 0.3) is 0 Å². The Morgan fingerprint density at radius 1 is 1.12 bits per heavy atom. The first-order valence-electron chi connectivity index (χ1n) is 5.15. The summed E-state index contributed by atoms with van der Waals surface area (Å²) in [5, 5.41) is 26.9. The van der Waals surface area contributed by atoms with Crippen molar-refractivity contribution in [1.29, 1.82) is 0 Å². The van der Waals surface area contributed by atoms with Crippen LogP contribution in [0.1, 0.15) is 20.3 Å². The van der Waals surface area contributed by atoms with Crippen molar-refractivity contribution in [3.63, 3.8) is 0 Å². The Morgan fingerprint density at radius 2 is 1.56 bits per heavy atom. The van der Waals surface area contributed by atoms with Crippen LogP contribution in [0, 0.1) is 5.92 Å². The summed E-state index contributed by atoms with van der Waals surface area (Å²) in [7, 11) is -3.60. The molecule has 98 valence electrons. The summed E-state index contributed by atoms with van der Waals surface area (Å²) in [6, 6.07) is 0. The summed E-state index contributed by atoms with van der Waals surface area (Å²) < 4.78 is 25.3. The van der Waals surface area contributed by atoms with Gasteiger partial charge in [-0.25, -0.2) is 13.1 Å². The molecule has 0 heterocycles. The molecule has 0 aromatic rings. The van der Waals surface area contributed by atoms with Crippen molar-refractivity contribution in [3.8, 4) is 0 Å². The Kier molecular flexibility index (Phi) is 6.42. The fourth-order valence-corrected chi connectivity index (χ4v) is 2.76. The second kappa shape index (κ2) is 6.51. The highest BCUT2D eigenvalue weighted by molar-refractivity contribution is 7.89. The molecule has 0 aliphatic carbocycles. The Hall–Kier alpha value is -0.210. The fraction of sp³-hybridized carbons (Fsp3) is 1.00. The first-order chi connectivity index (χ1) is 7.31. The molecular weight excluding hydrogens is 234 g/mol. The van der Waals surface area contributed by atoms with Crippen LogP contribution in [0.3, 0.4) is 0 Å². The summed E-state index contributed by atoms with van der Waals surface area (Å²) in [5.41, 5.74) is -1.57. The summed E-state index contributed by atoms with van der Waals surface area (Å²) in [6.07, 6.45) is 0.480. The molecule has 0 amide bonds. The van der Waals surface area contributed by atoms with Gasteiger partial charge in [-0.1, -0.05) is 13.8 Å². The smallest absolute Gasteiger partial charge is 0.212 e. The van der Waals surface area contributed by atoms with Gasteiger partial charge in [-0.05, 0) is 12.3 Å². The van der Waals surface area contributed by atoms with Crippen LogP contribution in [0.4, 0.5) is 0 Å². The summed E-state index contributed by atoms with van der Waals surface area (Å²) in [5.74, 6) is 0.148. The number of nitrogens with one attached hydrogen (secondary N) is 1. The minimum Gasteiger partial charge on any atom is -0.394 e. The molecule has 0 aromatic carbocycles. The molecule has 0 aliphatic heterocycles. The minimum absolute atomic E-state index is 0.0909. The molecule has 0 aliphatic rings. The van der Waals surface area contributed by atoms with Crippen molar-refractivity contribution in [2.24, 2.45) is 5.92 Å². The van der Waals surface area contributed by atoms with Crippen molar-refractivity contribution in [3.05, 3.63) is 0 Å². The summed E-state index contributed by atoms with van der Waals surface area (Å²) >= 11 is 0. The predicted octanol–water partition coefficient (Wildman–Crippen LogP) is -1.33. The van der Waals surface area contributed by atoms with Crippen LogP contribution >= 0.6 is 0 Å². The van der Waals surface area contributed by atoms with Gasteiger partial charge in [-0.2, -0.15) is 0 Å². The van der Waals surface area contributed by atoms with Crippen molar-refractivity contribution < 1.29 is 23.7 Å². The van der Waals surface area contributed by atoms with E-state index in [1.165, 1.54) is 0 Å². The van der Waals surface area contributed by atoms with Gasteiger partial charge >= 0.3 is 0 Å². The highest BCUT2D eigenvalue weighted by atomic mass is 32.2. The van der Waals surface area contributed by atoms with E-state index in [1.807, 2.05) is 13.8 Å². The second-order valence-corrected chi connectivity index (χ2v) is 6.20. The van der Waals surface area contributed by atoms with E-state index < -0.39 is 35.4 Å². The monoisotopic (exact) mass is 255 g/mol. The van der Waals surface area contributed by atoms with E-state index in [0.717, 1.165) is 0 Å². The first-order valence-corrected chi connectivity index (χ1v) is 6.80. The lowest BCUT2D eigenvalue weighted by Crippen LogP contribution is -2.57. The van der Waals surface area contributed by atoms with Crippen LogP contribution in [-0.4, -0.2) is 54.8 Å².